The molecule has 18 heavy (non-hydrogen) atoms. The fraction of sp³-hybridized carbons (Fsp3) is 0.308. The molecule has 0 aliphatic carbocycles. The maximum absolute atomic E-state index is 12.1. The maximum Gasteiger partial charge on any atom is 0.318 e. The molecule has 0 spiro atoms. The summed E-state index contributed by atoms with van der Waals surface area (Å²) in [6.07, 6.45) is 0.323. The molecule has 2 rings (SSSR count). The van der Waals surface area contributed by atoms with Crippen molar-refractivity contribution in [3.63, 3.8) is 0 Å². The van der Waals surface area contributed by atoms with Crippen LogP contribution in [0.1, 0.15) is 16.8 Å². The Morgan fingerprint density at radius 2 is 1.94 bits per heavy atom. The van der Waals surface area contributed by atoms with Crippen molar-refractivity contribution in [1.82, 2.24) is 4.90 Å². The van der Waals surface area contributed by atoms with Gasteiger partial charge in [-0.1, -0.05) is 18.2 Å². The molecule has 5 heteroatoms. The first-order valence-electron chi connectivity index (χ1n) is 5.63. The lowest BCUT2D eigenvalue weighted by Crippen LogP contribution is -2.35. The number of likely N-dealkylation sites (tertiary alicyclic amines) is 1. The Kier molecular flexibility index (Phi) is 3.41. The van der Waals surface area contributed by atoms with Crippen LogP contribution in [-0.2, 0) is 14.3 Å². The first-order chi connectivity index (χ1) is 8.65. The second-order valence-electron chi connectivity index (χ2n) is 4.03. The molecule has 5 nitrogen and oxygen atoms in total. The molecule has 1 aromatic rings. The summed E-state index contributed by atoms with van der Waals surface area (Å²) in [6.45, 7) is 0.256. The lowest BCUT2D eigenvalue weighted by atomic mass is 10.1. The van der Waals surface area contributed by atoms with Gasteiger partial charge in [0.25, 0.3) is 5.91 Å². The van der Waals surface area contributed by atoms with E-state index in [1.807, 2.05) is 0 Å². The molecule has 2 amide bonds. The van der Waals surface area contributed by atoms with Crippen LogP contribution >= 0.6 is 0 Å². The summed E-state index contributed by atoms with van der Waals surface area (Å²) in [5, 5.41) is 0. The van der Waals surface area contributed by atoms with Crippen LogP contribution in [0.15, 0.2) is 30.3 Å². The van der Waals surface area contributed by atoms with Crippen LogP contribution in [0, 0.1) is 5.92 Å². The Hall–Kier alpha value is -2.17. The molecule has 0 aromatic heterocycles. The average Bonchev–Trinajstić information content (AvgIpc) is 2.80. The summed E-state index contributed by atoms with van der Waals surface area (Å²) in [4.78, 5) is 36.4. The average molecular weight is 247 g/mol. The molecule has 1 aromatic carbocycles. The molecule has 0 bridgehead atoms. The number of rotatable bonds is 2. The zero-order chi connectivity index (χ0) is 13.1. The van der Waals surface area contributed by atoms with Crippen molar-refractivity contribution in [2.75, 3.05) is 13.7 Å². The highest BCUT2D eigenvalue weighted by Gasteiger charge is 2.40. The standard InChI is InChI=1S/C13H13NO4/c1-18-13(17)10-7-8-14(12(10)16)11(15)9-5-3-2-4-6-9/h2-6,10H,7-8H2,1H3. The first kappa shape index (κ1) is 12.3. The minimum Gasteiger partial charge on any atom is -0.468 e. The van der Waals surface area contributed by atoms with Crippen molar-refractivity contribution >= 4 is 17.8 Å². The fourth-order valence-corrected chi connectivity index (χ4v) is 1.98. The zero-order valence-corrected chi connectivity index (χ0v) is 9.96. The third kappa shape index (κ3) is 2.11. The van der Waals surface area contributed by atoms with E-state index in [0.29, 0.717) is 12.0 Å². The molecule has 1 atom stereocenters. The van der Waals surface area contributed by atoms with Gasteiger partial charge in [-0.2, -0.15) is 0 Å². The maximum atomic E-state index is 12.1. The number of esters is 1. The molecule has 94 valence electrons. The lowest BCUT2D eigenvalue weighted by molar-refractivity contribution is -0.149. The summed E-state index contributed by atoms with van der Waals surface area (Å²) >= 11 is 0. The van der Waals surface area contributed by atoms with Crippen molar-refractivity contribution < 1.29 is 19.1 Å². The number of benzene rings is 1. The number of methoxy groups -OCH3 is 1. The number of ether oxygens (including phenoxy) is 1. The van der Waals surface area contributed by atoms with Crippen LogP contribution in [0.5, 0.6) is 0 Å². The molecule has 0 radical (unpaired) electrons. The van der Waals surface area contributed by atoms with Crippen LogP contribution in [0.25, 0.3) is 0 Å². The van der Waals surface area contributed by atoms with Gasteiger partial charge in [0.15, 0.2) is 0 Å². The fourth-order valence-electron chi connectivity index (χ4n) is 1.98. The molecule has 0 saturated carbocycles. The molecule has 1 aliphatic heterocycles. The van der Waals surface area contributed by atoms with E-state index in [4.69, 9.17) is 0 Å². The van der Waals surface area contributed by atoms with Gasteiger partial charge in [-0.3, -0.25) is 19.3 Å². The summed E-state index contributed by atoms with van der Waals surface area (Å²) in [5.74, 6) is -2.27. The smallest absolute Gasteiger partial charge is 0.318 e. The van der Waals surface area contributed by atoms with Gasteiger partial charge in [0.2, 0.25) is 5.91 Å². The van der Waals surface area contributed by atoms with Crippen molar-refractivity contribution in [3.8, 4) is 0 Å². The van der Waals surface area contributed by atoms with Crippen molar-refractivity contribution in [3.05, 3.63) is 35.9 Å². The van der Waals surface area contributed by atoms with Gasteiger partial charge < -0.3 is 4.74 Å². The third-order valence-corrected chi connectivity index (χ3v) is 2.96. The summed E-state index contributed by atoms with van der Waals surface area (Å²) < 4.78 is 4.54. The summed E-state index contributed by atoms with van der Waals surface area (Å²) in [6, 6.07) is 8.53. The molecule has 1 fully saturated rings. The molecule has 1 heterocycles. The molecular weight excluding hydrogens is 234 g/mol. The number of hydrogen-bond acceptors (Lipinski definition) is 4. The van der Waals surface area contributed by atoms with Crippen LogP contribution in [0.2, 0.25) is 0 Å². The second kappa shape index (κ2) is 5.00. The Bertz CT molecular complexity index is 483. The Labute approximate surface area is 104 Å². The predicted octanol–water partition coefficient (Wildman–Crippen LogP) is 0.848. The monoisotopic (exact) mass is 247 g/mol. The molecule has 1 unspecified atom stereocenters. The van der Waals surface area contributed by atoms with Gasteiger partial charge in [0.05, 0.1) is 7.11 Å². The number of carbonyl (C=O) groups excluding carboxylic acids is 3. The summed E-state index contributed by atoms with van der Waals surface area (Å²) in [7, 11) is 1.23. The van der Waals surface area contributed by atoms with E-state index >= 15 is 0 Å². The van der Waals surface area contributed by atoms with Crippen LogP contribution in [0.4, 0.5) is 0 Å². The Morgan fingerprint density at radius 1 is 1.28 bits per heavy atom. The van der Waals surface area contributed by atoms with E-state index in [9.17, 15) is 14.4 Å². The Morgan fingerprint density at radius 3 is 2.56 bits per heavy atom. The normalized spacial score (nSPS) is 18.8. The number of amides is 2. The van der Waals surface area contributed by atoms with Crippen LogP contribution in [0.3, 0.4) is 0 Å². The highest BCUT2D eigenvalue weighted by atomic mass is 16.5. The topological polar surface area (TPSA) is 63.7 Å². The zero-order valence-electron chi connectivity index (χ0n) is 9.96. The van der Waals surface area contributed by atoms with Gasteiger partial charge in [-0.25, -0.2) is 0 Å². The van der Waals surface area contributed by atoms with E-state index in [2.05, 4.69) is 4.74 Å². The van der Waals surface area contributed by atoms with Gasteiger partial charge in [0.1, 0.15) is 5.92 Å². The van der Waals surface area contributed by atoms with Crippen molar-refractivity contribution in [2.45, 2.75) is 6.42 Å². The van der Waals surface area contributed by atoms with Gasteiger partial charge >= 0.3 is 5.97 Å². The number of imide groups is 1. The molecule has 1 saturated heterocycles. The highest BCUT2D eigenvalue weighted by molar-refractivity contribution is 6.11. The SMILES string of the molecule is COC(=O)C1CCN(C(=O)c2ccccc2)C1=O. The van der Waals surface area contributed by atoms with Gasteiger partial charge in [-0.15, -0.1) is 0 Å². The minimum atomic E-state index is -0.845. The third-order valence-electron chi connectivity index (χ3n) is 2.96. The van der Waals surface area contributed by atoms with Crippen molar-refractivity contribution in [1.29, 1.82) is 0 Å². The van der Waals surface area contributed by atoms with E-state index in [1.54, 1.807) is 30.3 Å². The lowest BCUT2D eigenvalue weighted by Gasteiger charge is -2.14. The van der Waals surface area contributed by atoms with E-state index in [-0.39, 0.29) is 12.5 Å². The van der Waals surface area contributed by atoms with Gasteiger partial charge in [0, 0.05) is 12.1 Å². The molecular formula is C13H13NO4. The predicted molar refractivity (Wildman–Crippen MR) is 62.6 cm³/mol. The van der Waals surface area contributed by atoms with Gasteiger partial charge in [-0.05, 0) is 18.6 Å². The number of nitrogens with zero attached hydrogens (tertiary/aromatic N) is 1. The van der Waals surface area contributed by atoms with Crippen molar-refractivity contribution in [2.24, 2.45) is 5.92 Å². The highest BCUT2D eigenvalue weighted by Crippen LogP contribution is 2.21. The van der Waals surface area contributed by atoms with E-state index in [0.717, 1.165) is 4.90 Å². The quantitative estimate of drug-likeness (QED) is 0.441. The Balaban J connectivity index is 2.15. The number of carbonyl (C=O) groups is 3. The largest absolute Gasteiger partial charge is 0.468 e. The second-order valence-corrected chi connectivity index (χ2v) is 4.03. The first-order valence-corrected chi connectivity index (χ1v) is 5.63. The van der Waals surface area contributed by atoms with Crippen LogP contribution in [-0.4, -0.2) is 36.3 Å². The minimum absolute atomic E-state index is 0.256. The summed E-state index contributed by atoms with van der Waals surface area (Å²) in [5.41, 5.74) is 0.441. The molecule has 0 N–H and O–H groups in total. The van der Waals surface area contributed by atoms with E-state index in [1.165, 1.54) is 7.11 Å². The van der Waals surface area contributed by atoms with Crippen LogP contribution < -0.4 is 0 Å². The molecule has 1 aliphatic rings. The van der Waals surface area contributed by atoms with E-state index < -0.39 is 17.8 Å². The number of hydrogen-bond donors (Lipinski definition) is 0.